The summed E-state index contributed by atoms with van der Waals surface area (Å²) in [6.07, 6.45) is 1.57. The summed E-state index contributed by atoms with van der Waals surface area (Å²) in [5.74, 6) is 0. The van der Waals surface area contributed by atoms with Crippen LogP contribution in [0.25, 0.3) is 10.2 Å². The van der Waals surface area contributed by atoms with E-state index in [1.54, 1.807) is 30.0 Å². The third-order valence-corrected chi connectivity index (χ3v) is 4.07. The van der Waals surface area contributed by atoms with Gasteiger partial charge in [-0.25, -0.2) is 9.78 Å². The lowest BCUT2D eigenvalue weighted by Crippen LogP contribution is -2.12. The molecular weight excluding hydrogens is 256 g/mol. The molecule has 0 spiro atoms. The Balaban J connectivity index is 2.21. The van der Waals surface area contributed by atoms with Gasteiger partial charge in [0.15, 0.2) is 4.34 Å². The predicted octanol–water partition coefficient (Wildman–Crippen LogP) is 3.59. The quantitative estimate of drug-likeness (QED) is 0.864. The van der Waals surface area contributed by atoms with E-state index in [1.165, 1.54) is 0 Å². The lowest BCUT2D eigenvalue weighted by molar-refractivity contribution is 0.168. The summed E-state index contributed by atoms with van der Waals surface area (Å²) in [5, 5.41) is 2.67. The number of hydrogen-bond acceptors (Lipinski definition) is 5. The van der Waals surface area contributed by atoms with Gasteiger partial charge in [-0.3, -0.25) is 5.32 Å². The van der Waals surface area contributed by atoms with Gasteiger partial charge in [-0.1, -0.05) is 11.8 Å². The van der Waals surface area contributed by atoms with Crippen LogP contribution in [-0.4, -0.2) is 23.9 Å². The number of aromatic nitrogens is 1. The molecule has 0 fully saturated rings. The summed E-state index contributed by atoms with van der Waals surface area (Å²) in [7, 11) is 0. The molecule has 0 bridgehead atoms. The second kappa shape index (κ2) is 5.37. The van der Waals surface area contributed by atoms with Gasteiger partial charge in [-0.05, 0) is 31.4 Å². The van der Waals surface area contributed by atoms with Crippen LogP contribution in [0, 0.1) is 0 Å². The van der Waals surface area contributed by atoms with Crippen molar-refractivity contribution in [2.75, 3.05) is 18.2 Å². The molecule has 90 valence electrons. The first kappa shape index (κ1) is 12.2. The Morgan fingerprint density at radius 1 is 1.59 bits per heavy atom. The average molecular weight is 268 g/mol. The van der Waals surface area contributed by atoms with Gasteiger partial charge in [0.2, 0.25) is 0 Å². The van der Waals surface area contributed by atoms with Crippen molar-refractivity contribution in [2.45, 2.75) is 11.3 Å². The van der Waals surface area contributed by atoms with Crippen molar-refractivity contribution in [1.82, 2.24) is 4.98 Å². The molecule has 2 aromatic rings. The zero-order chi connectivity index (χ0) is 12.3. The number of carbonyl (C=O) groups excluding carboxylic acids is 1. The van der Waals surface area contributed by atoms with E-state index < -0.39 is 6.09 Å². The van der Waals surface area contributed by atoms with Crippen LogP contribution < -0.4 is 5.32 Å². The van der Waals surface area contributed by atoms with Crippen molar-refractivity contribution >= 4 is 45.1 Å². The van der Waals surface area contributed by atoms with E-state index in [0.29, 0.717) is 6.61 Å². The minimum absolute atomic E-state index is 0.366. The molecular formula is C11H12N2O2S2. The third-order valence-electron chi connectivity index (χ3n) is 2.07. The molecule has 1 aromatic carbocycles. The van der Waals surface area contributed by atoms with Gasteiger partial charge in [-0.2, -0.15) is 0 Å². The number of fused-ring (bicyclic) bond motifs is 1. The van der Waals surface area contributed by atoms with Gasteiger partial charge in [0, 0.05) is 5.69 Å². The van der Waals surface area contributed by atoms with E-state index >= 15 is 0 Å². The van der Waals surface area contributed by atoms with Crippen LogP contribution >= 0.6 is 23.1 Å². The Kier molecular flexibility index (Phi) is 3.86. The molecule has 1 aromatic heterocycles. The van der Waals surface area contributed by atoms with E-state index in [0.717, 1.165) is 20.2 Å². The molecule has 17 heavy (non-hydrogen) atoms. The highest BCUT2D eigenvalue weighted by molar-refractivity contribution is 8.00. The first-order valence-electron chi connectivity index (χ1n) is 5.11. The lowest BCUT2D eigenvalue weighted by Gasteiger charge is -2.04. The number of amides is 1. The van der Waals surface area contributed by atoms with Gasteiger partial charge in [-0.15, -0.1) is 11.3 Å². The summed E-state index contributed by atoms with van der Waals surface area (Å²) < 4.78 is 6.90. The summed E-state index contributed by atoms with van der Waals surface area (Å²) in [6.45, 7) is 2.14. The Morgan fingerprint density at radius 3 is 3.12 bits per heavy atom. The molecule has 0 aliphatic carbocycles. The molecule has 0 aliphatic heterocycles. The maximum atomic E-state index is 11.3. The van der Waals surface area contributed by atoms with Crippen LogP contribution in [0.15, 0.2) is 22.5 Å². The van der Waals surface area contributed by atoms with E-state index in [4.69, 9.17) is 4.74 Å². The predicted molar refractivity (Wildman–Crippen MR) is 72.0 cm³/mol. The SMILES string of the molecule is CCOC(=O)Nc1ccc2nc(SC)sc2c1. The second-order valence-corrected chi connectivity index (χ2v) is 5.30. The molecule has 0 saturated carbocycles. The molecule has 0 aliphatic rings. The number of rotatable bonds is 3. The first-order chi connectivity index (χ1) is 8.22. The van der Waals surface area contributed by atoms with Crippen molar-refractivity contribution in [2.24, 2.45) is 0 Å². The molecule has 0 atom stereocenters. The van der Waals surface area contributed by atoms with E-state index in [-0.39, 0.29) is 0 Å². The Morgan fingerprint density at radius 2 is 2.41 bits per heavy atom. The van der Waals surface area contributed by atoms with Gasteiger partial charge in [0.05, 0.1) is 16.8 Å². The summed E-state index contributed by atoms with van der Waals surface area (Å²) in [6, 6.07) is 5.62. The van der Waals surface area contributed by atoms with Gasteiger partial charge in [0.1, 0.15) is 0 Å². The highest BCUT2D eigenvalue weighted by atomic mass is 32.2. The normalized spacial score (nSPS) is 10.5. The molecule has 6 heteroatoms. The van der Waals surface area contributed by atoms with Crippen LogP contribution in [0.2, 0.25) is 0 Å². The molecule has 2 rings (SSSR count). The maximum absolute atomic E-state index is 11.3. The van der Waals surface area contributed by atoms with Crippen molar-refractivity contribution in [1.29, 1.82) is 0 Å². The van der Waals surface area contributed by atoms with Gasteiger partial charge in [0.25, 0.3) is 0 Å². The highest BCUT2D eigenvalue weighted by Crippen LogP contribution is 2.29. The van der Waals surface area contributed by atoms with E-state index in [9.17, 15) is 4.79 Å². The smallest absolute Gasteiger partial charge is 0.411 e. The summed E-state index contributed by atoms with van der Waals surface area (Å²) in [4.78, 5) is 15.7. The van der Waals surface area contributed by atoms with Crippen LogP contribution in [0.3, 0.4) is 0 Å². The average Bonchev–Trinajstić information content (AvgIpc) is 2.71. The van der Waals surface area contributed by atoms with Crippen molar-refractivity contribution < 1.29 is 9.53 Å². The van der Waals surface area contributed by atoms with E-state index in [1.807, 2.05) is 24.5 Å². The van der Waals surface area contributed by atoms with Gasteiger partial charge >= 0.3 is 6.09 Å². The first-order valence-corrected chi connectivity index (χ1v) is 7.15. The largest absolute Gasteiger partial charge is 0.450 e. The van der Waals surface area contributed by atoms with Crippen LogP contribution in [0.1, 0.15) is 6.92 Å². The number of hydrogen-bond donors (Lipinski definition) is 1. The molecule has 1 heterocycles. The molecule has 4 nitrogen and oxygen atoms in total. The number of anilines is 1. The van der Waals surface area contributed by atoms with Crippen LogP contribution in [0.4, 0.5) is 10.5 Å². The Hall–Kier alpha value is -1.27. The van der Waals surface area contributed by atoms with Gasteiger partial charge < -0.3 is 4.74 Å². The third kappa shape index (κ3) is 2.89. The standard InChI is InChI=1S/C11H12N2O2S2/c1-3-15-10(14)12-7-4-5-8-9(6-7)17-11(13-8)16-2/h4-6H,3H2,1-2H3,(H,12,14). The van der Waals surface area contributed by atoms with Crippen molar-refractivity contribution in [3.8, 4) is 0 Å². The summed E-state index contributed by atoms with van der Waals surface area (Å²) in [5.41, 5.74) is 1.68. The fourth-order valence-electron chi connectivity index (χ4n) is 1.35. The van der Waals surface area contributed by atoms with Crippen LogP contribution in [0.5, 0.6) is 0 Å². The number of benzene rings is 1. The molecule has 1 amide bonds. The summed E-state index contributed by atoms with van der Waals surface area (Å²) >= 11 is 3.23. The number of nitrogens with zero attached hydrogens (tertiary/aromatic N) is 1. The fourth-order valence-corrected chi connectivity index (χ4v) is 2.88. The second-order valence-electron chi connectivity index (χ2n) is 3.21. The lowest BCUT2D eigenvalue weighted by atomic mass is 10.3. The van der Waals surface area contributed by atoms with Crippen molar-refractivity contribution in [3.05, 3.63) is 18.2 Å². The monoisotopic (exact) mass is 268 g/mol. The molecule has 0 radical (unpaired) electrons. The Labute approximate surface area is 107 Å². The van der Waals surface area contributed by atoms with Crippen LogP contribution in [-0.2, 0) is 4.74 Å². The van der Waals surface area contributed by atoms with Crippen molar-refractivity contribution in [3.63, 3.8) is 0 Å². The highest BCUT2D eigenvalue weighted by Gasteiger charge is 2.06. The van der Waals surface area contributed by atoms with E-state index in [2.05, 4.69) is 10.3 Å². The Bertz CT molecular complexity index is 539. The molecule has 0 saturated heterocycles. The minimum Gasteiger partial charge on any atom is -0.450 e. The zero-order valence-electron chi connectivity index (χ0n) is 9.52. The topological polar surface area (TPSA) is 51.2 Å². The number of carbonyl (C=O) groups is 1. The number of ether oxygens (including phenoxy) is 1. The molecule has 1 N–H and O–H groups in total. The minimum atomic E-state index is -0.429. The molecule has 0 unspecified atom stereocenters. The zero-order valence-corrected chi connectivity index (χ0v) is 11.2. The fraction of sp³-hybridized carbons (Fsp3) is 0.273. The number of thioether (sulfide) groups is 1. The maximum Gasteiger partial charge on any atom is 0.411 e. The number of thiazole rings is 1. The number of nitrogens with one attached hydrogen (secondary N) is 1.